The summed E-state index contributed by atoms with van der Waals surface area (Å²) < 4.78 is 12.5. The van der Waals surface area contributed by atoms with Gasteiger partial charge in [0.05, 0.1) is 31.2 Å². The number of benzene rings is 3. The summed E-state index contributed by atoms with van der Waals surface area (Å²) in [6, 6.07) is 26.1. The zero-order chi connectivity index (χ0) is 37.2. The van der Waals surface area contributed by atoms with Crippen LogP contribution in [0, 0.1) is 0 Å². The highest BCUT2D eigenvalue weighted by molar-refractivity contribution is 5.97. The predicted molar refractivity (Wildman–Crippen MR) is 202 cm³/mol. The number of amides is 2. The van der Waals surface area contributed by atoms with Crippen molar-refractivity contribution in [3.05, 3.63) is 108 Å². The molecule has 4 aromatic rings. The molecule has 280 valence electrons. The lowest BCUT2D eigenvalue weighted by Gasteiger charge is -2.45. The quantitative estimate of drug-likeness (QED) is 0.176. The Morgan fingerprint density at radius 2 is 1.51 bits per heavy atom. The molecule has 0 spiro atoms. The minimum Gasteiger partial charge on any atom is -0.496 e. The van der Waals surface area contributed by atoms with Crippen molar-refractivity contribution >= 4 is 17.8 Å². The molecule has 0 radical (unpaired) electrons. The van der Waals surface area contributed by atoms with Gasteiger partial charge in [-0.15, -0.1) is 10.2 Å². The first-order valence-electron chi connectivity index (χ1n) is 18.6. The van der Waals surface area contributed by atoms with Gasteiger partial charge >= 0.3 is 5.97 Å². The molecule has 1 atom stereocenters. The van der Waals surface area contributed by atoms with Gasteiger partial charge in [0.2, 0.25) is 5.91 Å². The normalized spacial score (nSPS) is 16.8. The Hall–Kier alpha value is -5.07. The maximum Gasteiger partial charge on any atom is 0.320 e. The van der Waals surface area contributed by atoms with Crippen LogP contribution in [-0.4, -0.2) is 132 Å². The summed E-state index contributed by atoms with van der Waals surface area (Å²) in [7, 11) is 3.42. The highest BCUT2D eigenvalue weighted by atomic mass is 16.5. The van der Waals surface area contributed by atoms with E-state index in [2.05, 4.69) is 44.3 Å². The second kappa shape index (κ2) is 17.6. The highest BCUT2D eigenvalue weighted by Crippen LogP contribution is 2.38. The second-order valence-corrected chi connectivity index (χ2v) is 14.0. The number of ether oxygens (including phenoxy) is 2. The van der Waals surface area contributed by atoms with Gasteiger partial charge in [0, 0.05) is 51.4 Å². The number of methoxy groups -OCH3 is 1. The lowest BCUT2D eigenvalue weighted by molar-refractivity contribution is -0.146. The third-order valence-electron chi connectivity index (χ3n) is 10.8. The van der Waals surface area contributed by atoms with Gasteiger partial charge in [-0.3, -0.25) is 23.9 Å². The van der Waals surface area contributed by atoms with Crippen LogP contribution >= 0.6 is 0 Å². The van der Waals surface area contributed by atoms with Gasteiger partial charge in [0.1, 0.15) is 18.4 Å². The maximum atomic E-state index is 14.4. The molecule has 12 heteroatoms. The molecular weight excluding hydrogens is 670 g/mol. The van der Waals surface area contributed by atoms with Gasteiger partial charge in [0.25, 0.3) is 5.91 Å². The van der Waals surface area contributed by atoms with E-state index in [1.54, 1.807) is 35.3 Å². The van der Waals surface area contributed by atoms with Crippen molar-refractivity contribution in [3.8, 4) is 11.4 Å². The number of hydrogen-bond acceptors (Lipinski definition) is 9. The average molecular weight is 722 g/mol. The second-order valence-electron chi connectivity index (χ2n) is 14.0. The standard InChI is InChI=1S/C41H51N7O5/c1-4-53-38(49)29-46-23-25-47(26-24-46)40(51)41(34-13-9-6-10-14-34)18-21-45(22-19-41)20-17-33(32-11-7-5-8-12-32)28-44(2)39(50)36-27-35(15-16-37(36)52-3)48-30-42-43-31-48/h5-16,27,30-31,33H,4,17-26,28-29H2,1-3H3/t33-/m1/s1. The number of piperidine rings is 1. The van der Waals surface area contributed by atoms with Crippen LogP contribution in [0.15, 0.2) is 91.5 Å². The van der Waals surface area contributed by atoms with Crippen LogP contribution in [0.25, 0.3) is 5.69 Å². The van der Waals surface area contributed by atoms with Gasteiger partial charge in [0.15, 0.2) is 0 Å². The molecule has 6 rings (SSSR count). The van der Waals surface area contributed by atoms with Crippen LogP contribution < -0.4 is 4.74 Å². The molecule has 3 heterocycles. The monoisotopic (exact) mass is 721 g/mol. The zero-order valence-electron chi connectivity index (χ0n) is 31.1. The van der Waals surface area contributed by atoms with E-state index in [1.165, 1.54) is 5.56 Å². The van der Waals surface area contributed by atoms with Crippen molar-refractivity contribution in [2.75, 3.05) is 79.7 Å². The molecule has 0 bridgehead atoms. The number of rotatable bonds is 14. The minimum absolute atomic E-state index is 0.102. The summed E-state index contributed by atoms with van der Waals surface area (Å²) >= 11 is 0. The Bertz CT molecular complexity index is 1790. The van der Waals surface area contributed by atoms with Gasteiger partial charge in [-0.2, -0.15) is 0 Å². The first-order valence-corrected chi connectivity index (χ1v) is 18.6. The van der Waals surface area contributed by atoms with E-state index in [-0.39, 0.29) is 30.2 Å². The number of carbonyl (C=O) groups is 3. The largest absolute Gasteiger partial charge is 0.496 e. The number of nitrogens with zero attached hydrogens (tertiary/aromatic N) is 7. The SMILES string of the molecule is CCOC(=O)CN1CCN(C(=O)C2(c3ccccc3)CCN(CC[C@H](CN(C)C(=O)c3cc(-n4cnnc4)ccc3OC)c3ccccc3)CC2)CC1. The minimum atomic E-state index is -0.590. The number of piperazine rings is 1. The molecule has 0 N–H and O–H groups in total. The van der Waals surface area contributed by atoms with E-state index in [4.69, 9.17) is 9.47 Å². The van der Waals surface area contributed by atoms with E-state index >= 15 is 0 Å². The number of esters is 1. The van der Waals surface area contributed by atoms with E-state index in [9.17, 15) is 14.4 Å². The van der Waals surface area contributed by atoms with Crippen LogP contribution in [0.3, 0.4) is 0 Å². The van der Waals surface area contributed by atoms with Gasteiger partial charge in [-0.25, -0.2) is 0 Å². The first-order chi connectivity index (χ1) is 25.8. The van der Waals surface area contributed by atoms with Crippen molar-refractivity contribution in [2.24, 2.45) is 0 Å². The molecule has 1 aromatic heterocycles. The van der Waals surface area contributed by atoms with E-state index in [1.807, 2.05) is 67.4 Å². The Kier molecular flexibility index (Phi) is 12.5. The number of likely N-dealkylation sites (tertiary alicyclic amines) is 1. The number of hydrogen-bond donors (Lipinski definition) is 0. The summed E-state index contributed by atoms with van der Waals surface area (Å²) in [5.41, 5.74) is 2.92. The Morgan fingerprint density at radius 1 is 0.849 bits per heavy atom. The molecule has 2 fully saturated rings. The van der Waals surface area contributed by atoms with Crippen molar-refractivity contribution in [3.63, 3.8) is 0 Å². The van der Waals surface area contributed by atoms with Crippen LogP contribution in [-0.2, 0) is 19.7 Å². The average Bonchev–Trinajstić information content (AvgIpc) is 3.75. The smallest absolute Gasteiger partial charge is 0.320 e. The Balaban J connectivity index is 1.11. The molecule has 2 aliphatic rings. The Morgan fingerprint density at radius 3 is 2.15 bits per heavy atom. The first kappa shape index (κ1) is 37.7. The van der Waals surface area contributed by atoms with E-state index < -0.39 is 5.41 Å². The molecule has 0 aliphatic carbocycles. The van der Waals surface area contributed by atoms with Crippen LogP contribution in [0.1, 0.15) is 53.6 Å². The summed E-state index contributed by atoms with van der Waals surface area (Å²) in [5, 5.41) is 7.80. The summed E-state index contributed by atoms with van der Waals surface area (Å²) in [6.07, 6.45) is 5.52. The van der Waals surface area contributed by atoms with Gasteiger partial charge in [-0.05, 0) is 75.1 Å². The lowest BCUT2D eigenvalue weighted by Crippen LogP contribution is -2.57. The fraction of sp³-hybridized carbons (Fsp3) is 0.439. The molecule has 0 saturated carbocycles. The zero-order valence-corrected chi connectivity index (χ0v) is 31.1. The lowest BCUT2D eigenvalue weighted by atomic mass is 9.71. The van der Waals surface area contributed by atoms with Gasteiger partial charge in [-0.1, -0.05) is 60.7 Å². The highest BCUT2D eigenvalue weighted by Gasteiger charge is 2.45. The third-order valence-corrected chi connectivity index (χ3v) is 10.8. The van der Waals surface area contributed by atoms with E-state index in [0.29, 0.717) is 50.6 Å². The predicted octanol–water partition coefficient (Wildman–Crippen LogP) is 4.26. The molecule has 2 amide bonds. The summed E-state index contributed by atoms with van der Waals surface area (Å²) in [4.78, 5) is 48.8. The summed E-state index contributed by atoms with van der Waals surface area (Å²) in [6.45, 7) is 7.91. The number of carbonyl (C=O) groups excluding carboxylic acids is 3. The summed E-state index contributed by atoms with van der Waals surface area (Å²) in [5.74, 6) is 0.459. The number of aromatic nitrogens is 3. The topological polar surface area (TPSA) is 113 Å². The van der Waals surface area contributed by atoms with Crippen LogP contribution in [0.4, 0.5) is 0 Å². The third kappa shape index (κ3) is 8.94. The van der Waals surface area contributed by atoms with Crippen LogP contribution in [0.2, 0.25) is 0 Å². The Labute approximate surface area is 312 Å². The molecule has 12 nitrogen and oxygen atoms in total. The van der Waals surface area contributed by atoms with Crippen LogP contribution in [0.5, 0.6) is 5.75 Å². The molecule has 0 unspecified atom stereocenters. The molecule has 2 saturated heterocycles. The number of likely N-dealkylation sites (N-methyl/N-ethyl adjacent to an activating group) is 1. The fourth-order valence-corrected chi connectivity index (χ4v) is 7.75. The fourth-order valence-electron chi connectivity index (χ4n) is 7.75. The maximum absolute atomic E-state index is 14.4. The van der Waals surface area contributed by atoms with Gasteiger partial charge < -0.3 is 24.2 Å². The van der Waals surface area contributed by atoms with Crippen molar-refractivity contribution in [1.82, 2.24) is 34.4 Å². The van der Waals surface area contributed by atoms with Crippen molar-refractivity contribution in [2.45, 2.75) is 37.5 Å². The molecule has 2 aliphatic heterocycles. The van der Waals surface area contributed by atoms with Crippen molar-refractivity contribution < 1.29 is 23.9 Å². The molecular formula is C41H51N7O5. The molecule has 3 aromatic carbocycles. The van der Waals surface area contributed by atoms with Crippen molar-refractivity contribution in [1.29, 1.82) is 0 Å². The van der Waals surface area contributed by atoms with E-state index in [0.717, 1.165) is 50.1 Å². The molecule has 53 heavy (non-hydrogen) atoms.